The second-order valence-corrected chi connectivity index (χ2v) is 6.26. The number of carbonyl (C=O) groups excluding carboxylic acids is 1. The van der Waals surface area contributed by atoms with Crippen molar-refractivity contribution < 1.29 is 13.9 Å². The first-order valence-corrected chi connectivity index (χ1v) is 9.02. The molecule has 0 saturated carbocycles. The van der Waals surface area contributed by atoms with Gasteiger partial charge < -0.3 is 10.1 Å². The Labute approximate surface area is 169 Å². The molecule has 1 amide bonds. The molecule has 0 atom stereocenters. The zero-order valence-electron chi connectivity index (χ0n) is 16.7. The van der Waals surface area contributed by atoms with Crippen LogP contribution in [0.15, 0.2) is 54.6 Å². The predicted molar refractivity (Wildman–Crippen MR) is 113 cm³/mol. The Bertz CT molecular complexity index is 963. The summed E-state index contributed by atoms with van der Waals surface area (Å²) in [6.07, 6.45) is 0.403. The first-order valence-electron chi connectivity index (χ1n) is 9.02. The maximum Gasteiger partial charge on any atom is 0.221 e. The molecule has 7 heteroatoms. The summed E-state index contributed by atoms with van der Waals surface area (Å²) in [6.45, 7) is 4.53. The minimum atomic E-state index is -0.471. The van der Waals surface area contributed by atoms with Gasteiger partial charge in [0.1, 0.15) is 12.4 Å². The van der Waals surface area contributed by atoms with Crippen molar-refractivity contribution in [3.8, 4) is 17.0 Å². The van der Waals surface area contributed by atoms with Crippen molar-refractivity contribution in [2.75, 3.05) is 12.4 Å². The molecule has 1 aromatic heterocycles. The lowest BCUT2D eigenvalue weighted by Crippen LogP contribution is -2.18. The number of ether oxygens (including phenoxy) is 1. The van der Waals surface area contributed by atoms with Crippen LogP contribution in [-0.2, 0) is 11.4 Å². The summed E-state index contributed by atoms with van der Waals surface area (Å²) in [6, 6.07) is 16.8. The van der Waals surface area contributed by atoms with Gasteiger partial charge in [-0.25, -0.2) is 10.8 Å². The molecule has 0 fully saturated rings. The van der Waals surface area contributed by atoms with E-state index >= 15 is 0 Å². The Kier molecular flexibility index (Phi) is 8.12. The number of nitrogens with one attached hydrogen (secondary N) is 2. The molecule has 0 radical (unpaired) electrons. The van der Waals surface area contributed by atoms with E-state index in [2.05, 4.69) is 16.1 Å². The smallest absolute Gasteiger partial charge is 0.221 e. The minimum absolute atomic E-state index is 0.403. The van der Waals surface area contributed by atoms with Crippen LogP contribution in [0.25, 0.3) is 11.3 Å². The number of benzene rings is 2. The number of pyridine rings is 1. The summed E-state index contributed by atoms with van der Waals surface area (Å²) in [5.41, 5.74) is 7.51. The lowest BCUT2D eigenvalue weighted by atomic mass is 10.0. The molecule has 2 aromatic carbocycles. The van der Waals surface area contributed by atoms with Gasteiger partial charge in [0.05, 0.1) is 11.4 Å². The summed E-state index contributed by atoms with van der Waals surface area (Å²) in [4.78, 5) is 12.9. The van der Waals surface area contributed by atoms with E-state index in [1.165, 1.54) is 6.07 Å². The van der Waals surface area contributed by atoms with Crippen LogP contribution in [0.2, 0.25) is 0 Å². The van der Waals surface area contributed by atoms with E-state index < -0.39 is 5.95 Å². The molecule has 152 valence electrons. The van der Waals surface area contributed by atoms with Crippen LogP contribution in [0.1, 0.15) is 16.7 Å². The number of anilines is 1. The van der Waals surface area contributed by atoms with Gasteiger partial charge in [0.15, 0.2) is 0 Å². The average Bonchev–Trinajstić information content (AvgIpc) is 2.73. The zero-order valence-corrected chi connectivity index (χ0v) is 16.7. The number of carbonyl (C=O) groups is 1. The summed E-state index contributed by atoms with van der Waals surface area (Å²) in [7, 11) is 1.88. The third-order valence-electron chi connectivity index (χ3n) is 4.27. The molecule has 0 aliphatic carbocycles. The molecule has 0 aliphatic rings. The number of rotatable bonds is 6. The largest absolute Gasteiger partial charge is 0.486 e. The van der Waals surface area contributed by atoms with Crippen molar-refractivity contribution in [2.24, 2.45) is 5.84 Å². The lowest BCUT2D eigenvalue weighted by Gasteiger charge is -2.15. The third-order valence-corrected chi connectivity index (χ3v) is 4.27. The Morgan fingerprint density at radius 3 is 2.45 bits per heavy atom. The van der Waals surface area contributed by atoms with Crippen LogP contribution in [0.4, 0.5) is 10.1 Å². The number of aromatic nitrogens is 1. The van der Waals surface area contributed by atoms with Crippen molar-refractivity contribution >= 4 is 12.1 Å². The summed E-state index contributed by atoms with van der Waals surface area (Å²) >= 11 is 0. The zero-order chi connectivity index (χ0) is 21.2. The molecule has 0 spiro atoms. The van der Waals surface area contributed by atoms with Gasteiger partial charge >= 0.3 is 0 Å². The first kappa shape index (κ1) is 21.8. The summed E-state index contributed by atoms with van der Waals surface area (Å²) in [5.74, 6) is 4.80. The maximum atomic E-state index is 13.3. The molecule has 3 aromatic rings. The molecule has 0 bridgehead atoms. The average molecular weight is 396 g/mol. The third kappa shape index (κ3) is 6.02. The Balaban J connectivity index is 0.000000687. The molecule has 6 nitrogen and oxygen atoms in total. The van der Waals surface area contributed by atoms with Crippen molar-refractivity contribution in [1.29, 1.82) is 0 Å². The van der Waals surface area contributed by atoms with Crippen LogP contribution >= 0.6 is 0 Å². The quantitative estimate of drug-likeness (QED) is 0.194. The number of nitrogens with two attached hydrogens (primary N) is 1. The van der Waals surface area contributed by atoms with Gasteiger partial charge in [0, 0.05) is 12.6 Å². The van der Waals surface area contributed by atoms with Crippen molar-refractivity contribution in [3.63, 3.8) is 0 Å². The number of hydrazine groups is 1. The fourth-order valence-electron chi connectivity index (χ4n) is 2.78. The van der Waals surface area contributed by atoms with Gasteiger partial charge in [-0.15, -0.1) is 0 Å². The van der Waals surface area contributed by atoms with Gasteiger partial charge in [0.2, 0.25) is 12.4 Å². The van der Waals surface area contributed by atoms with E-state index in [1.54, 1.807) is 17.6 Å². The number of para-hydroxylation sites is 1. The predicted octanol–water partition coefficient (Wildman–Crippen LogP) is 3.73. The molecule has 0 unspecified atom stereocenters. The fraction of sp³-hybridized carbons (Fsp3) is 0.182. The van der Waals surface area contributed by atoms with E-state index in [0.29, 0.717) is 18.7 Å². The van der Waals surface area contributed by atoms with E-state index in [4.69, 9.17) is 9.53 Å². The second-order valence-electron chi connectivity index (χ2n) is 6.26. The highest BCUT2D eigenvalue weighted by atomic mass is 19.1. The second kappa shape index (κ2) is 10.8. The van der Waals surface area contributed by atoms with Crippen LogP contribution in [0.5, 0.6) is 5.75 Å². The van der Waals surface area contributed by atoms with Crippen LogP contribution in [0, 0.1) is 19.8 Å². The number of halogens is 1. The van der Waals surface area contributed by atoms with Gasteiger partial charge in [0.25, 0.3) is 0 Å². The molecular weight excluding hydrogens is 371 g/mol. The van der Waals surface area contributed by atoms with E-state index in [1.807, 2.05) is 57.3 Å². The summed E-state index contributed by atoms with van der Waals surface area (Å²) < 4.78 is 19.4. The Hall–Kier alpha value is -3.45. The van der Waals surface area contributed by atoms with Crippen LogP contribution in [0.3, 0.4) is 0 Å². The molecule has 4 N–H and O–H groups in total. The lowest BCUT2D eigenvalue weighted by molar-refractivity contribution is -0.109. The minimum Gasteiger partial charge on any atom is -0.486 e. The van der Waals surface area contributed by atoms with Gasteiger partial charge in [-0.3, -0.25) is 10.2 Å². The van der Waals surface area contributed by atoms with Gasteiger partial charge in [-0.05, 0) is 54.8 Å². The monoisotopic (exact) mass is 396 g/mol. The number of nitrogens with zero attached hydrogens (tertiary/aromatic N) is 1. The van der Waals surface area contributed by atoms with Gasteiger partial charge in [-0.2, -0.15) is 4.39 Å². The highest BCUT2D eigenvalue weighted by molar-refractivity contribution is 5.61. The molecule has 0 saturated heterocycles. The van der Waals surface area contributed by atoms with Crippen molar-refractivity contribution in [2.45, 2.75) is 20.5 Å². The molecule has 3 rings (SSSR count). The van der Waals surface area contributed by atoms with Gasteiger partial charge in [-0.1, -0.05) is 30.3 Å². The number of hydrogen-bond acceptors (Lipinski definition) is 5. The molecule has 1 heterocycles. The normalized spacial score (nSPS) is 9.83. The number of amides is 1. The van der Waals surface area contributed by atoms with E-state index in [-0.39, 0.29) is 0 Å². The van der Waals surface area contributed by atoms with E-state index in [9.17, 15) is 4.39 Å². The molecule has 29 heavy (non-hydrogen) atoms. The fourth-order valence-corrected chi connectivity index (χ4v) is 2.78. The highest BCUT2D eigenvalue weighted by Gasteiger charge is 2.08. The maximum absolute atomic E-state index is 13.3. The SMILES string of the molecule is CNc1cccc(C)c1OCc1ccc(-c2cccc(F)n2)cc1C.NNC=O. The van der Waals surface area contributed by atoms with Crippen molar-refractivity contribution in [1.82, 2.24) is 10.4 Å². The topological polar surface area (TPSA) is 89.3 Å². The molecular formula is C22H25FN4O2. The highest BCUT2D eigenvalue weighted by Crippen LogP contribution is 2.29. The van der Waals surface area contributed by atoms with Crippen molar-refractivity contribution in [3.05, 3.63) is 77.2 Å². The van der Waals surface area contributed by atoms with E-state index in [0.717, 1.165) is 33.7 Å². The first-order chi connectivity index (χ1) is 14.0. The Morgan fingerprint density at radius 2 is 1.83 bits per heavy atom. The standard InChI is InChI=1S/C21H21FN2O.CH4N2O/c1-14-6-4-8-19(23-3)21(14)25-13-17-11-10-16(12-15(17)2)18-7-5-9-20(22)24-18;2-3-1-4/h4-12,23H,13H2,1-3H3;1H,2H2,(H,3,4). The molecule has 0 aliphatic heterocycles. The van der Waals surface area contributed by atoms with Crippen LogP contribution < -0.4 is 21.3 Å². The van der Waals surface area contributed by atoms with Crippen LogP contribution in [-0.4, -0.2) is 18.4 Å². The number of hydrogen-bond donors (Lipinski definition) is 3. The Morgan fingerprint density at radius 1 is 1.10 bits per heavy atom. The number of aryl methyl sites for hydroxylation is 2. The summed E-state index contributed by atoms with van der Waals surface area (Å²) in [5, 5.41) is 3.15.